The first kappa shape index (κ1) is 17.8. The number of amides is 1. The molecular weight excluding hydrogens is 350 g/mol. The summed E-state index contributed by atoms with van der Waals surface area (Å²) in [6.07, 6.45) is 9.06. The highest BCUT2D eigenvalue weighted by atomic mass is 16.3. The second kappa shape index (κ2) is 6.66. The fourth-order valence-electron chi connectivity index (χ4n) is 5.44. The van der Waals surface area contributed by atoms with Crippen molar-refractivity contribution in [3.63, 3.8) is 0 Å². The SMILES string of the molecule is O=C(N1CCCC2(CCc3cnc(-c4ccccc4)nc32)C1)C1(O)CCCC1. The van der Waals surface area contributed by atoms with E-state index >= 15 is 0 Å². The molecule has 2 aliphatic carbocycles. The summed E-state index contributed by atoms with van der Waals surface area (Å²) in [7, 11) is 0. The Hall–Kier alpha value is -2.27. The van der Waals surface area contributed by atoms with E-state index in [0.29, 0.717) is 19.4 Å². The van der Waals surface area contributed by atoms with Crippen molar-refractivity contribution < 1.29 is 9.90 Å². The third-order valence-corrected chi connectivity index (χ3v) is 6.96. The maximum atomic E-state index is 13.1. The number of carbonyl (C=O) groups is 1. The van der Waals surface area contributed by atoms with Crippen LogP contribution in [0.1, 0.15) is 56.2 Å². The summed E-state index contributed by atoms with van der Waals surface area (Å²) in [6, 6.07) is 10.1. The molecule has 5 heteroatoms. The van der Waals surface area contributed by atoms with Gasteiger partial charge in [0, 0.05) is 30.3 Å². The van der Waals surface area contributed by atoms with Gasteiger partial charge >= 0.3 is 0 Å². The Morgan fingerprint density at radius 3 is 2.61 bits per heavy atom. The fraction of sp³-hybridized carbons (Fsp3) is 0.522. The van der Waals surface area contributed by atoms with Crippen molar-refractivity contribution in [1.29, 1.82) is 0 Å². The third kappa shape index (κ3) is 2.84. The number of hydrogen-bond donors (Lipinski definition) is 1. The first-order valence-electron chi connectivity index (χ1n) is 10.5. The van der Waals surface area contributed by atoms with Crippen LogP contribution in [-0.2, 0) is 16.6 Å². The Morgan fingerprint density at radius 1 is 1.04 bits per heavy atom. The molecule has 3 aliphatic rings. The molecule has 1 spiro atoms. The summed E-state index contributed by atoms with van der Waals surface area (Å²) in [5.74, 6) is 0.702. The minimum Gasteiger partial charge on any atom is -0.380 e. The van der Waals surface area contributed by atoms with Crippen molar-refractivity contribution in [3.05, 3.63) is 47.8 Å². The molecule has 1 aliphatic heterocycles. The van der Waals surface area contributed by atoms with E-state index in [4.69, 9.17) is 4.98 Å². The Morgan fingerprint density at radius 2 is 1.82 bits per heavy atom. The highest BCUT2D eigenvalue weighted by molar-refractivity contribution is 5.85. The Bertz CT molecular complexity index is 888. The monoisotopic (exact) mass is 377 g/mol. The van der Waals surface area contributed by atoms with Crippen LogP contribution in [0, 0.1) is 0 Å². The summed E-state index contributed by atoms with van der Waals surface area (Å²) in [5.41, 5.74) is 2.13. The molecule has 5 rings (SSSR count). The number of piperidine rings is 1. The smallest absolute Gasteiger partial charge is 0.254 e. The lowest BCUT2D eigenvalue weighted by Crippen LogP contribution is -2.54. The average molecular weight is 377 g/mol. The van der Waals surface area contributed by atoms with Crippen LogP contribution in [0.2, 0.25) is 0 Å². The summed E-state index contributed by atoms with van der Waals surface area (Å²) in [5, 5.41) is 10.8. The highest BCUT2D eigenvalue weighted by Crippen LogP contribution is 2.45. The lowest BCUT2D eigenvalue weighted by molar-refractivity contribution is -0.153. The molecular formula is C23H27N3O2. The number of aromatic nitrogens is 2. The maximum Gasteiger partial charge on any atom is 0.254 e. The zero-order valence-electron chi connectivity index (χ0n) is 16.2. The number of benzene rings is 1. The molecule has 2 fully saturated rings. The second-order valence-corrected chi connectivity index (χ2v) is 8.78. The third-order valence-electron chi connectivity index (χ3n) is 6.96. The molecule has 2 aromatic rings. The van der Waals surface area contributed by atoms with Crippen molar-refractivity contribution >= 4 is 5.91 Å². The van der Waals surface area contributed by atoms with Crippen molar-refractivity contribution in [2.45, 2.75) is 62.4 Å². The van der Waals surface area contributed by atoms with Gasteiger partial charge in [-0.3, -0.25) is 4.79 Å². The van der Waals surface area contributed by atoms with Gasteiger partial charge in [-0.15, -0.1) is 0 Å². The van der Waals surface area contributed by atoms with Crippen molar-refractivity contribution in [2.24, 2.45) is 0 Å². The van der Waals surface area contributed by atoms with Gasteiger partial charge in [0.1, 0.15) is 5.60 Å². The van der Waals surface area contributed by atoms with E-state index < -0.39 is 5.60 Å². The number of fused-ring (bicyclic) bond motifs is 2. The number of aliphatic hydroxyl groups is 1. The topological polar surface area (TPSA) is 66.3 Å². The predicted octanol–water partition coefficient (Wildman–Crippen LogP) is 3.26. The molecule has 2 heterocycles. The quantitative estimate of drug-likeness (QED) is 0.872. The first-order valence-corrected chi connectivity index (χ1v) is 10.5. The van der Waals surface area contributed by atoms with Gasteiger partial charge in [-0.25, -0.2) is 9.97 Å². The summed E-state index contributed by atoms with van der Waals surface area (Å²) >= 11 is 0. The van der Waals surface area contributed by atoms with Crippen LogP contribution in [0.4, 0.5) is 0 Å². The molecule has 1 unspecified atom stereocenters. The number of nitrogens with zero attached hydrogens (tertiary/aromatic N) is 3. The average Bonchev–Trinajstić information content (AvgIpc) is 3.33. The maximum absolute atomic E-state index is 13.1. The summed E-state index contributed by atoms with van der Waals surface area (Å²) in [4.78, 5) is 24.6. The van der Waals surface area contributed by atoms with Gasteiger partial charge in [0.2, 0.25) is 0 Å². The molecule has 1 amide bonds. The minimum atomic E-state index is -1.14. The number of carbonyl (C=O) groups excluding carboxylic acids is 1. The van der Waals surface area contributed by atoms with Gasteiger partial charge in [0.05, 0.1) is 5.69 Å². The lowest BCUT2D eigenvalue weighted by Gasteiger charge is -2.42. The molecule has 1 aromatic carbocycles. The molecule has 1 N–H and O–H groups in total. The summed E-state index contributed by atoms with van der Waals surface area (Å²) in [6.45, 7) is 1.42. The first-order chi connectivity index (χ1) is 13.6. The van der Waals surface area contributed by atoms with Crippen LogP contribution in [0.25, 0.3) is 11.4 Å². The molecule has 1 atom stereocenters. The van der Waals surface area contributed by atoms with E-state index in [1.54, 1.807) is 0 Å². The van der Waals surface area contributed by atoms with Crippen LogP contribution in [0.15, 0.2) is 36.5 Å². The normalized spacial score (nSPS) is 25.8. The molecule has 1 aromatic heterocycles. The second-order valence-electron chi connectivity index (χ2n) is 8.78. The van der Waals surface area contributed by atoms with Gasteiger partial charge in [-0.2, -0.15) is 0 Å². The molecule has 146 valence electrons. The standard InChI is InChI=1S/C23H27N3O2/c27-21(23(28)11-4-5-12-23)26-14-6-10-22(16-26)13-9-18-15-24-20(25-19(18)22)17-7-2-1-3-8-17/h1-3,7-8,15,28H,4-6,9-14,16H2. The Kier molecular flexibility index (Phi) is 4.23. The van der Waals surface area contributed by atoms with E-state index in [-0.39, 0.29) is 11.3 Å². The minimum absolute atomic E-state index is 0.0603. The molecule has 5 nitrogen and oxygen atoms in total. The zero-order valence-corrected chi connectivity index (χ0v) is 16.2. The van der Waals surface area contributed by atoms with E-state index in [2.05, 4.69) is 4.98 Å². The largest absolute Gasteiger partial charge is 0.380 e. The number of aryl methyl sites for hydroxylation is 1. The number of likely N-dealkylation sites (tertiary alicyclic amines) is 1. The fourth-order valence-corrected chi connectivity index (χ4v) is 5.44. The molecule has 0 bridgehead atoms. The van der Waals surface area contributed by atoms with E-state index in [0.717, 1.165) is 62.2 Å². The molecule has 28 heavy (non-hydrogen) atoms. The van der Waals surface area contributed by atoms with Crippen molar-refractivity contribution in [1.82, 2.24) is 14.9 Å². The van der Waals surface area contributed by atoms with E-state index in [9.17, 15) is 9.90 Å². The Labute approximate surface area is 165 Å². The van der Waals surface area contributed by atoms with Crippen molar-refractivity contribution in [2.75, 3.05) is 13.1 Å². The van der Waals surface area contributed by atoms with E-state index in [1.165, 1.54) is 5.56 Å². The number of hydrogen-bond acceptors (Lipinski definition) is 4. The predicted molar refractivity (Wildman–Crippen MR) is 107 cm³/mol. The van der Waals surface area contributed by atoms with Crippen LogP contribution in [0.3, 0.4) is 0 Å². The Balaban J connectivity index is 1.46. The van der Waals surface area contributed by atoms with Crippen LogP contribution >= 0.6 is 0 Å². The van der Waals surface area contributed by atoms with Gasteiger partial charge in [-0.1, -0.05) is 30.3 Å². The van der Waals surface area contributed by atoms with Gasteiger partial charge in [-0.05, 0) is 56.9 Å². The lowest BCUT2D eigenvalue weighted by atomic mass is 9.77. The van der Waals surface area contributed by atoms with Crippen LogP contribution < -0.4 is 0 Å². The molecule has 1 saturated carbocycles. The zero-order chi connectivity index (χ0) is 19.2. The molecule has 1 saturated heterocycles. The van der Waals surface area contributed by atoms with Gasteiger partial charge < -0.3 is 10.0 Å². The number of rotatable bonds is 2. The van der Waals surface area contributed by atoms with Crippen LogP contribution in [0.5, 0.6) is 0 Å². The van der Waals surface area contributed by atoms with E-state index in [1.807, 2.05) is 41.4 Å². The highest BCUT2D eigenvalue weighted by Gasteiger charge is 2.48. The van der Waals surface area contributed by atoms with Crippen molar-refractivity contribution in [3.8, 4) is 11.4 Å². The van der Waals surface area contributed by atoms with Crippen LogP contribution in [-0.4, -0.2) is 44.6 Å². The summed E-state index contributed by atoms with van der Waals surface area (Å²) < 4.78 is 0. The van der Waals surface area contributed by atoms with Gasteiger partial charge in [0.15, 0.2) is 5.82 Å². The van der Waals surface area contributed by atoms with Gasteiger partial charge in [0.25, 0.3) is 5.91 Å². The molecule has 0 radical (unpaired) electrons.